The summed E-state index contributed by atoms with van der Waals surface area (Å²) in [4.78, 5) is 12.3. The van der Waals surface area contributed by atoms with Crippen molar-refractivity contribution in [2.24, 2.45) is 0 Å². The fourth-order valence-corrected chi connectivity index (χ4v) is 3.00. The van der Waals surface area contributed by atoms with Gasteiger partial charge in [-0.15, -0.1) is 11.8 Å². The van der Waals surface area contributed by atoms with E-state index in [4.69, 9.17) is 0 Å². The molecule has 2 rings (SSSR count). The topological polar surface area (TPSA) is 40.1 Å². The molecule has 0 amide bonds. The normalized spacial score (nSPS) is 12.1. The molecule has 1 unspecified atom stereocenters. The number of hydrogen-bond donors (Lipinski definition) is 0. The first-order chi connectivity index (χ1) is 9.06. The van der Waals surface area contributed by atoms with Crippen LogP contribution in [-0.4, -0.2) is 5.97 Å². The van der Waals surface area contributed by atoms with Gasteiger partial charge in [0.15, 0.2) is 0 Å². The predicted molar refractivity (Wildman–Crippen MR) is 76.0 cm³/mol. The first-order valence-electron chi connectivity index (χ1n) is 6.07. The van der Waals surface area contributed by atoms with Crippen LogP contribution in [0.2, 0.25) is 0 Å². The summed E-state index contributed by atoms with van der Waals surface area (Å²) in [6.45, 7) is 3.94. The lowest BCUT2D eigenvalue weighted by atomic mass is 10.0. The fraction of sp³-hybridized carbons (Fsp3) is 0.188. The molecule has 2 nitrogen and oxygen atoms in total. The van der Waals surface area contributed by atoms with Crippen LogP contribution < -0.4 is 5.11 Å². The molecule has 0 N–H and O–H groups in total. The molecule has 3 heteroatoms. The van der Waals surface area contributed by atoms with Crippen LogP contribution in [0.15, 0.2) is 53.4 Å². The maximum atomic E-state index is 11.4. The van der Waals surface area contributed by atoms with Gasteiger partial charge in [0.1, 0.15) is 0 Å². The molecule has 0 heterocycles. The minimum absolute atomic E-state index is 0.680. The maximum absolute atomic E-state index is 11.4. The molecule has 0 aliphatic carbocycles. The lowest BCUT2D eigenvalue weighted by molar-refractivity contribution is -0.305. The summed E-state index contributed by atoms with van der Waals surface area (Å²) in [6.07, 6.45) is 0. The van der Waals surface area contributed by atoms with Crippen molar-refractivity contribution in [1.82, 2.24) is 0 Å². The van der Waals surface area contributed by atoms with Gasteiger partial charge in [0.2, 0.25) is 0 Å². The van der Waals surface area contributed by atoms with Crippen molar-refractivity contribution >= 4 is 17.7 Å². The Balaban J connectivity index is 2.32. The molecular weight excluding hydrogens is 256 g/mol. The quantitative estimate of drug-likeness (QED) is 0.803. The molecule has 0 bridgehead atoms. The second-order valence-corrected chi connectivity index (χ2v) is 5.73. The van der Waals surface area contributed by atoms with Gasteiger partial charge in [0.25, 0.3) is 0 Å². The van der Waals surface area contributed by atoms with E-state index in [1.54, 1.807) is 0 Å². The van der Waals surface area contributed by atoms with E-state index in [-0.39, 0.29) is 0 Å². The number of carboxylic acids is 1. The van der Waals surface area contributed by atoms with Gasteiger partial charge in [-0.05, 0) is 31.5 Å². The van der Waals surface area contributed by atoms with Crippen molar-refractivity contribution in [1.29, 1.82) is 0 Å². The Kier molecular flexibility index (Phi) is 4.27. The van der Waals surface area contributed by atoms with E-state index >= 15 is 0 Å². The molecule has 0 aliphatic heterocycles. The third kappa shape index (κ3) is 3.61. The SMILES string of the molecule is Cc1cc(C)cc(C(Sc2ccccc2)C(=O)[O-])c1. The van der Waals surface area contributed by atoms with Crippen molar-refractivity contribution in [2.75, 3.05) is 0 Å². The minimum Gasteiger partial charge on any atom is -0.549 e. The Morgan fingerprint density at radius 1 is 1.05 bits per heavy atom. The Hall–Kier alpha value is -1.74. The van der Waals surface area contributed by atoms with E-state index in [1.165, 1.54) is 11.8 Å². The van der Waals surface area contributed by atoms with Crippen LogP contribution in [0.3, 0.4) is 0 Å². The van der Waals surface area contributed by atoms with Gasteiger partial charge in [-0.25, -0.2) is 0 Å². The highest BCUT2D eigenvalue weighted by atomic mass is 32.2. The zero-order chi connectivity index (χ0) is 13.8. The third-order valence-electron chi connectivity index (χ3n) is 2.76. The molecule has 1 atom stereocenters. The highest BCUT2D eigenvalue weighted by Gasteiger charge is 2.15. The third-order valence-corrected chi connectivity index (χ3v) is 4.00. The highest BCUT2D eigenvalue weighted by molar-refractivity contribution is 8.00. The summed E-state index contributed by atoms with van der Waals surface area (Å²) < 4.78 is 0. The van der Waals surface area contributed by atoms with Crippen molar-refractivity contribution in [3.8, 4) is 0 Å². The Morgan fingerprint density at radius 2 is 1.63 bits per heavy atom. The summed E-state index contributed by atoms with van der Waals surface area (Å²) in [7, 11) is 0. The first-order valence-corrected chi connectivity index (χ1v) is 6.95. The Labute approximate surface area is 117 Å². The molecule has 0 saturated heterocycles. The average Bonchev–Trinajstić information content (AvgIpc) is 2.35. The maximum Gasteiger partial charge on any atom is 0.0739 e. The monoisotopic (exact) mass is 271 g/mol. The number of carboxylic acid groups (broad SMARTS) is 1. The molecule has 0 fully saturated rings. The molecule has 0 radical (unpaired) electrons. The van der Waals surface area contributed by atoms with Crippen molar-refractivity contribution < 1.29 is 9.90 Å². The van der Waals surface area contributed by atoms with Gasteiger partial charge in [0.05, 0.1) is 11.2 Å². The number of thioether (sulfide) groups is 1. The molecule has 0 spiro atoms. The van der Waals surface area contributed by atoms with Crippen LogP contribution in [0, 0.1) is 13.8 Å². The molecule has 2 aromatic rings. The largest absolute Gasteiger partial charge is 0.549 e. The lowest BCUT2D eigenvalue weighted by Crippen LogP contribution is -2.28. The van der Waals surface area contributed by atoms with Crippen LogP contribution in [0.1, 0.15) is 21.9 Å². The van der Waals surface area contributed by atoms with Crippen LogP contribution in [0.25, 0.3) is 0 Å². The van der Waals surface area contributed by atoms with Gasteiger partial charge in [-0.2, -0.15) is 0 Å². The van der Waals surface area contributed by atoms with Gasteiger partial charge in [-0.3, -0.25) is 0 Å². The number of carbonyl (C=O) groups is 1. The van der Waals surface area contributed by atoms with Crippen LogP contribution >= 0.6 is 11.8 Å². The van der Waals surface area contributed by atoms with Crippen LogP contribution in [0.5, 0.6) is 0 Å². The van der Waals surface area contributed by atoms with Crippen LogP contribution in [-0.2, 0) is 4.79 Å². The van der Waals surface area contributed by atoms with E-state index < -0.39 is 11.2 Å². The smallest absolute Gasteiger partial charge is 0.0739 e. The summed E-state index contributed by atoms with van der Waals surface area (Å²) in [5.74, 6) is -1.06. The van der Waals surface area contributed by atoms with Crippen LogP contribution in [0.4, 0.5) is 0 Å². The summed E-state index contributed by atoms with van der Waals surface area (Å²) in [5, 5.41) is 10.7. The number of hydrogen-bond acceptors (Lipinski definition) is 3. The number of rotatable bonds is 4. The van der Waals surface area contributed by atoms with E-state index in [1.807, 2.05) is 62.4 Å². The van der Waals surface area contributed by atoms with Gasteiger partial charge < -0.3 is 9.90 Å². The van der Waals surface area contributed by atoms with Gasteiger partial charge in [0, 0.05) is 4.90 Å². The van der Waals surface area contributed by atoms with E-state index in [0.29, 0.717) is 0 Å². The summed E-state index contributed by atoms with van der Waals surface area (Å²) in [6, 6.07) is 15.4. The molecule has 0 saturated carbocycles. The predicted octanol–water partition coefficient (Wildman–Crippen LogP) is 2.89. The number of aryl methyl sites for hydroxylation is 2. The van der Waals surface area contributed by atoms with Gasteiger partial charge in [-0.1, -0.05) is 47.5 Å². The first kappa shape index (κ1) is 13.7. The highest BCUT2D eigenvalue weighted by Crippen LogP contribution is 2.35. The molecule has 98 valence electrons. The van der Waals surface area contributed by atoms with E-state index in [2.05, 4.69) is 0 Å². The number of benzene rings is 2. The van der Waals surface area contributed by atoms with Crippen molar-refractivity contribution in [3.05, 3.63) is 65.2 Å². The number of aliphatic carboxylic acids is 1. The summed E-state index contributed by atoms with van der Waals surface area (Å²) in [5.41, 5.74) is 2.91. The summed E-state index contributed by atoms with van der Waals surface area (Å²) >= 11 is 1.31. The van der Waals surface area contributed by atoms with Gasteiger partial charge >= 0.3 is 0 Å². The second-order valence-electron chi connectivity index (χ2n) is 4.55. The molecule has 0 aromatic heterocycles. The standard InChI is InChI=1S/C16H16O2S/c1-11-8-12(2)10-13(9-11)15(16(17)18)19-14-6-4-3-5-7-14/h3-10,15H,1-2H3,(H,17,18)/p-1. The second kappa shape index (κ2) is 5.93. The van der Waals surface area contributed by atoms with Crippen molar-refractivity contribution in [2.45, 2.75) is 24.0 Å². The average molecular weight is 271 g/mol. The minimum atomic E-state index is -1.06. The molecule has 0 aliphatic rings. The van der Waals surface area contributed by atoms with Crippen molar-refractivity contribution in [3.63, 3.8) is 0 Å². The molecule has 19 heavy (non-hydrogen) atoms. The van der Waals surface area contributed by atoms with E-state index in [9.17, 15) is 9.90 Å². The Bertz CT molecular complexity index is 558. The van der Waals surface area contributed by atoms with E-state index in [0.717, 1.165) is 21.6 Å². The molecular formula is C16H15O2S-. The zero-order valence-electron chi connectivity index (χ0n) is 10.9. The zero-order valence-corrected chi connectivity index (χ0v) is 11.7. The molecule has 2 aromatic carbocycles. The fourth-order valence-electron chi connectivity index (χ4n) is 2.05. The number of carbonyl (C=O) groups excluding carboxylic acids is 1. The Morgan fingerprint density at radius 3 is 2.16 bits per heavy atom. The lowest BCUT2D eigenvalue weighted by Gasteiger charge is -2.19.